The van der Waals surface area contributed by atoms with Crippen LogP contribution in [0.2, 0.25) is 0 Å². The van der Waals surface area contributed by atoms with Crippen LogP contribution in [0.3, 0.4) is 0 Å². The van der Waals surface area contributed by atoms with Gasteiger partial charge in [-0.1, -0.05) is 13.8 Å². The standard InChI is InChI=1S/C13H20N2O3/c1-8(2)10(7-18-4)15-12-11(13(16)17)9(3)5-6-14-12/h5-6,8,10H,7H2,1-4H3,(H,14,15)(H,16,17). The lowest BCUT2D eigenvalue weighted by atomic mass is 10.0. The van der Waals surface area contributed by atoms with E-state index in [0.29, 0.717) is 23.9 Å². The van der Waals surface area contributed by atoms with Gasteiger partial charge in [0, 0.05) is 13.3 Å². The fraction of sp³-hybridized carbons (Fsp3) is 0.538. The number of hydrogen-bond donors (Lipinski definition) is 2. The molecule has 1 atom stereocenters. The molecule has 0 saturated heterocycles. The lowest BCUT2D eigenvalue weighted by molar-refractivity contribution is 0.0696. The molecule has 0 aliphatic heterocycles. The smallest absolute Gasteiger partial charge is 0.339 e. The molecule has 1 aromatic rings. The second-order valence-electron chi connectivity index (χ2n) is 4.61. The molecule has 18 heavy (non-hydrogen) atoms. The highest BCUT2D eigenvalue weighted by Gasteiger charge is 2.19. The fourth-order valence-electron chi connectivity index (χ4n) is 1.69. The highest BCUT2D eigenvalue weighted by atomic mass is 16.5. The maximum absolute atomic E-state index is 11.2. The Balaban J connectivity index is 3.02. The van der Waals surface area contributed by atoms with E-state index >= 15 is 0 Å². The van der Waals surface area contributed by atoms with Crippen molar-refractivity contribution in [1.29, 1.82) is 0 Å². The van der Waals surface area contributed by atoms with Gasteiger partial charge in [-0.2, -0.15) is 0 Å². The molecule has 0 bridgehead atoms. The first-order valence-corrected chi connectivity index (χ1v) is 5.91. The maximum atomic E-state index is 11.2. The van der Waals surface area contributed by atoms with E-state index in [2.05, 4.69) is 10.3 Å². The zero-order valence-corrected chi connectivity index (χ0v) is 11.2. The van der Waals surface area contributed by atoms with E-state index in [1.54, 1.807) is 26.3 Å². The van der Waals surface area contributed by atoms with Crippen LogP contribution in [0.5, 0.6) is 0 Å². The Bertz CT molecular complexity index is 419. The van der Waals surface area contributed by atoms with Gasteiger partial charge < -0.3 is 15.2 Å². The molecule has 1 rings (SSSR count). The normalized spacial score (nSPS) is 12.5. The number of methoxy groups -OCH3 is 1. The lowest BCUT2D eigenvalue weighted by Gasteiger charge is -2.23. The molecular weight excluding hydrogens is 232 g/mol. The average molecular weight is 252 g/mol. The molecule has 5 heteroatoms. The topological polar surface area (TPSA) is 71.5 Å². The van der Waals surface area contributed by atoms with E-state index in [4.69, 9.17) is 4.74 Å². The van der Waals surface area contributed by atoms with E-state index < -0.39 is 5.97 Å². The Morgan fingerprint density at radius 1 is 1.56 bits per heavy atom. The minimum absolute atomic E-state index is 0.0300. The van der Waals surface area contributed by atoms with E-state index in [1.807, 2.05) is 13.8 Å². The van der Waals surface area contributed by atoms with Crippen LogP contribution >= 0.6 is 0 Å². The Morgan fingerprint density at radius 3 is 2.72 bits per heavy atom. The van der Waals surface area contributed by atoms with Gasteiger partial charge in [-0.3, -0.25) is 0 Å². The molecule has 1 unspecified atom stereocenters. The highest BCUT2D eigenvalue weighted by Crippen LogP contribution is 2.19. The summed E-state index contributed by atoms with van der Waals surface area (Å²) in [7, 11) is 1.62. The highest BCUT2D eigenvalue weighted by molar-refractivity contribution is 5.94. The summed E-state index contributed by atoms with van der Waals surface area (Å²) in [5, 5.41) is 12.4. The largest absolute Gasteiger partial charge is 0.478 e. The van der Waals surface area contributed by atoms with Crippen LogP contribution in [-0.2, 0) is 4.74 Å². The van der Waals surface area contributed by atoms with E-state index in [-0.39, 0.29) is 11.6 Å². The van der Waals surface area contributed by atoms with Crippen molar-refractivity contribution in [1.82, 2.24) is 4.98 Å². The van der Waals surface area contributed by atoms with Crippen LogP contribution < -0.4 is 5.32 Å². The number of rotatable bonds is 6. The minimum Gasteiger partial charge on any atom is -0.478 e. The molecule has 0 saturated carbocycles. The number of nitrogens with zero attached hydrogens (tertiary/aromatic N) is 1. The number of carboxylic acid groups (broad SMARTS) is 1. The van der Waals surface area contributed by atoms with Crippen LogP contribution in [0, 0.1) is 12.8 Å². The van der Waals surface area contributed by atoms with Gasteiger partial charge in [0.15, 0.2) is 0 Å². The van der Waals surface area contributed by atoms with Crippen molar-refractivity contribution in [2.75, 3.05) is 19.0 Å². The molecule has 0 spiro atoms. The third kappa shape index (κ3) is 3.43. The van der Waals surface area contributed by atoms with Gasteiger partial charge in [0.2, 0.25) is 0 Å². The molecule has 0 amide bonds. The molecular formula is C13H20N2O3. The van der Waals surface area contributed by atoms with Gasteiger partial charge in [0.25, 0.3) is 0 Å². The Kier molecular flexibility index (Phi) is 5.09. The first kappa shape index (κ1) is 14.4. The zero-order chi connectivity index (χ0) is 13.7. The molecule has 1 aromatic heterocycles. The number of carboxylic acids is 1. The third-order valence-electron chi connectivity index (χ3n) is 2.85. The number of aromatic carboxylic acids is 1. The molecule has 2 N–H and O–H groups in total. The number of hydrogen-bond acceptors (Lipinski definition) is 4. The summed E-state index contributed by atoms with van der Waals surface area (Å²) in [4.78, 5) is 15.4. The first-order chi connectivity index (χ1) is 8.47. The van der Waals surface area contributed by atoms with Gasteiger partial charge >= 0.3 is 5.97 Å². The number of ether oxygens (including phenoxy) is 1. The number of anilines is 1. The molecule has 1 heterocycles. The predicted octanol–water partition coefficient (Wildman–Crippen LogP) is 2.17. The van der Waals surface area contributed by atoms with Crippen molar-refractivity contribution in [2.24, 2.45) is 5.92 Å². The SMILES string of the molecule is COCC(Nc1nccc(C)c1C(=O)O)C(C)C. The third-order valence-corrected chi connectivity index (χ3v) is 2.85. The monoisotopic (exact) mass is 252 g/mol. The second kappa shape index (κ2) is 6.35. The van der Waals surface area contributed by atoms with Gasteiger partial charge in [-0.15, -0.1) is 0 Å². The van der Waals surface area contributed by atoms with Crippen molar-refractivity contribution in [3.05, 3.63) is 23.4 Å². The number of nitrogens with one attached hydrogen (secondary N) is 1. The summed E-state index contributed by atoms with van der Waals surface area (Å²) < 4.78 is 5.13. The summed E-state index contributed by atoms with van der Waals surface area (Å²) in [6.07, 6.45) is 1.61. The van der Waals surface area contributed by atoms with Gasteiger partial charge in [-0.05, 0) is 24.5 Å². The average Bonchev–Trinajstić information content (AvgIpc) is 2.27. The summed E-state index contributed by atoms with van der Waals surface area (Å²) >= 11 is 0. The van der Waals surface area contributed by atoms with Crippen molar-refractivity contribution < 1.29 is 14.6 Å². The quantitative estimate of drug-likeness (QED) is 0.812. The predicted molar refractivity (Wildman–Crippen MR) is 70.1 cm³/mol. The lowest BCUT2D eigenvalue weighted by Crippen LogP contribution is -2.31. The number of pyridine rings is 1. The van der Waals surface area contributed by atoms with Crippen LogP contribution in [0.4, 0.5) is 5.82 Å². The van der Waals surface area contributed by atoms with E-state index in [0.717, 1.165) is 0 Å². The summed E-state index contributed by atoms with van der Waals surface area (Å²) in [5.74, 6) is -0.254. The maximum Gasteiger partial charge on any atom is 0.339 e. The van der Waals surface area contributed by atoms with Gasteiger partial charge in [0.1, 0.15) is 11.4 Å². The molecule has 0 fully saturated rings. The summed E-state index contributed by atoms with van der Waals surface area (Å²) in [5.41, 5.74) is 0.916. The van der Waals surface area contributed by atoms with Gasteiger partial charge in [-0.25, -0.2) is 9.78 Å². The fourth-order valence-corrected chi connectivity index (χ4v) is 1.69. The molecule has 0 aromatic carbocycles. The molecule has 0 aliphatic rings. The van der Waals surface area contributed by atoms with Crippen molar-refractivity contribution in [3.63, 3.8) is 0 Å². The van der Waals surface area contributed by atoms with Crippen molar-refractivity contribution in [2.45, 2.75) is 26.8 Å². The molecule has 100 valence electrons. The molecule has 5 nitrogen and oxygen atoms in total. The summed E-state index contributed by atoms with van der Waals surface area (Å²) in [6, 6.07) is 1.72. The van der Waals surface area contributed by atoms with E-state index in [9.17, 15) is 9.90 Å². The zero-order valence-electron chi connectivity index (χ0n) is 11.2. The minimum atomic E-state index is -0.969. The van der Waals surface area contributed by atoms with Crippen LogP contribution in [0.25, 0.3) is 0 Å². The second-order valence-corrected chi connectivity index (χ2v) is 4.61. The Morgan fingerprint density at radius 2 is 2.22 bits per heavy atom. The first-order valence-electron chi connectivity index (χ1n) is 5.91. The van der Waals surface area contributed by atoms with Gasteiger partial charge in [0.05, 0.1) is 12.6 Å². The van der Waals surface area contributed by atoms with E-state index in [1.165, 1.54) is 0 Å². The van der Waals surface area contributed by atoms with Crippen molar-refractivity contribution >= 4 is 11.8 Å². The number of aromatic nitrogens is 1. The van der Waals surface area contributed by atoms with Crippen LogP contribution in [-0.4, -0.2) is 35.8 Å². The number of aryl methyl sites for hydroxylation is 1. The summed E-state index contributed by atoms with van der Waals surface area (Å²) in [6.45, 7) is 6.36. The molecule has 0 radical (unpaired) electrons. The molecule has 0 aliphatic carbocycles. The Hall–Kier alpha value is -1.62. The van der Waals surface area contributed by atoms with Crippen molar-refractivity contribution in [3.8, 4) is 0 Å². The Labute approximate surface area is 107 Å². The van der Waals surface area contributed by atoms with Crippen LogP contribution in [0.15, 0.2) is 12.3 Å². The van der Waals surface area contributed by atoms with Crippen LogP contribution in [0.1, 0.15) is 29.8 Å². The number of carbonyl (C=O) groups is 1.